The molecule has 0 bridgehead atoms. The molecule has 1 aromatic rings. The van der Waals surface area contributed by atoms with Crippen molar-refractivity contribution in [2.75, 3.05) is 26.2 Å². The third-order valence-corrected chi connectivity index (χ3v) is 4.95. The average molecular weight is 458 g/mol. The van der Waals surface area contributed by atoms with Crippen molar-refractivity contribution >= 4 is 29.9 Å². The molecule has 1 aromatic carbocycles. The van der Waals surface area contributed by atoms with Crippen LogP contribution in [0.25, 0.3) is 0 Å². The maximum atomic E-state index is 5.97. The molecule has 0 amide bonds. The van der Waals surface area contributed by atoms with Crippen LogP contribution >= 0.6 is 24.0 Å². The van der Waals surface area contributed by atoms with Crippen molar-refractivity contribution in [3.63, 3.8) is 0 Å². The molecule has 5 nitrogen and oxygen atoms in total. The number of halogens is 1. The van der Waals surface area contributed by atoms with Crippen molar-refractivity contribution in [1.29, 1.82) is 0 Å². The van der Waals surface area contributed by atoms with Crippen molar-refractivity contribution < 1.29 is 4.74 Å². The Labute approximate surface area is 168 Å². The summed E-state index contributed by atoms with van der Waals surface area (Å²) in [5.41, 5.74) is 8.51. The summed E-state index contributed by atoms with van der Waals surface area (Å²) in [6, 6.07) is 8.66. The van der Waals surface area contributed by atoms with Gasteiger partial charge in [-0.25, -0.2) is 4.99 Å². The Morgan fingerprint density at radius 1 is 1.36 bits per heavy atom. The van der Waals surface area contributed by atoms with E-state index in [4.69, 9.17) is 10.5 Å². The molecular formula is C19H31IN4O. The van der Waals surface area contributed by atoms with Gasteiger partial charge in [-0.3, -0.25) is 4.90 Å². The number of ether oxygens (including phenoxy) is 1. The van der Waals surface area contributed by atoms with Crippen LogP contribution < -0.4 is 11.1 Å². The van der Waals surface area contributed by atoms with E-state index in [9.17, 15) is 0 Å². The maximum absolute atomic E-state index is 5.97. The number of hydrogen-bond donors (Lipinski definition) is 2. The van der Waals surface area contributed by atoms with E-state index in [1.807, 2.05) is 0 Å². The Morgan fingerprint density at radius 3 is 2.88 bits per heavy atom. The van der Waals surface area contributed by atoms with Crippen LogP contribution in [0.5, 0.6) is 0 Å². The number of nitrogens with two attached hydrogens (primary N) is 1. The third kappa shape index (κ3) is 6.75. The monoisotopic (exact) mass is 458 g/mol. The molecule has 3 rings (SSSR count). The molecule has 0 radical (unpaired) electrons. The number of nitrogens with one attached hydrogen (secondary N) is 1. The number of aliphatic imine (C=N–C) groups is 1. The minimum atomic E-state index is 0. The van der Waals surface area contributed by atoms with Crippen LogP contribution in [-0.4, -0.2) is 43.2 Å². The van der Waals surface area contributed by atoms with Crippen LogP contribution in [0.4, 0.5) is 0 Å². The van der Waals surface area contributed by atoms with E-state index in [2.05, 4.69) is 46.4 Å². The lowest BCUT2D eigenvalue weighted by Crippen LogP contribution is -2.40. The van der Waals surface area contributed by atoms with Crippen LogP contribution in [0.2, 0.25) is 0 Å². The quantitative estimate of drug-likeness (QED) is 0.391. The van der Waals surface area contributed by atoms with Gasteiger partial charge in [0.15, 0.2) is 5.96 Å². The Balaban J connectivity index is 0.00000225. The normalized spacial score (nSPS) is 22.1. The minimum Gasteiger partial charge on any atom is -0.376 e. The molecule has 1 aliphatic carbocycles. The van der Waals surface area contributed by atoms with E-state index in [1.54, 1.807) is 0 Å². The van der Waals surface area contributed by atoms with E-state index in [-0.39, 0.29) is 24.0 Å². The number of hydrogen-bond acceptors (Lipinski definition) is 3. The summed E-state index contributed by atoms with van der Waals surface area (Å²) in [5, 5.41) is 3.25. The molecule has 140 valence electrons. The van der Waals surface area contributed by atoms with Crippen molar-refractivity contribution in [2.24, 2.45) is 16.6 Å². The van der Waals surface area contributed by atoms with Gasteiger partial charge in [-0.2, -0.15) is 0 Å². The number of morpholine rings is 1. The first kappa shape index (κ1) is 20.5. The van der Waals surface area contributed by atoms with Gasteiger partial charge in [-0.05, 0) is 36.8 Å². The number of rotatable bonds is 6. The number of benzene rings is 1. The highest BCUT2D eigenvalue weighted by molar-refractivity contribution is 14.0. The van der Waals surface area contributed by atoms with Gasteiger partial charge in [0.05, 0.1) is 19.3 Å². The standard InChI is InChI=1S/C19H30N4O.HI/c1-15-13-23(8-9-24-15)14-18-7-3-6-17(10-18)12-22-19(20)21-11-16-4-2-5-16;/h3,6-7,10,15-16H,2,4-5,8-9,11-14H2,1H3,(H3,20,21,22);1H. The average Bonchev–Trinajstić information content (AvgIpc) is 2.52. The zero-order valence-electron chi connectivity index (χ0n) is 15.1. The summed E-state index contributed by atoms with van der Waals surface area (Å²) in [6.45, 7) is 7.54. The molecule has 1 saturated heterocycles. The van der Waals surface area contributed by atoms with Crippen LogP contribution in [-0.2, 0) is 17.8 Å². The van der Waals surface area contributed by atoms with Crippen LogP contribution in [0.1, 0.15) is 37.3 Å². The summed E-state index contributed by atoms with van der Waals surface area (Å²) in [4.78, 5) is 6.92. The molecule has 0 spiro atoms. The largest absolute Gasteiger partial charge is 0.376 e. The molecule has 1 saturated carbocycles. The highest BCUT2D eigenvalue weighted by atomic mass is 127. The summed E-state index contributed by atoms with van der Waals surface area (Å²) < 4.78 is 5.61. The van der Waals surface area contributed by atoms with Gasteiger partial charge in [-0.1, -0.05) is 30.7 Å². The number of guanidine groups is 1. The number of nitrogens with zero attached hydrogens (tertiary/aromatic N) is 2. The molecule has 1 unspecified atom stereocenters. The summed E-state index contributed by atoms with van der Waals surface area (Å²) in [5.74, 6) is 1.35. The fraction of sp³-hybridized carbons (Fsp3) is 0.632. The van der Waals surface area contributed by atoms with E-state index in [0.29, 0.717) is 18.6 Å². The minimum absolute atomic E-state index is 0. The van der Waals surface area contributed by atoms with Gasteiger partial charge in [0.2, 0.25) is 0 Å². The molecule has 0 aromatic heterocycles. The maximum Gasteiger partial charge on any atom is 0.188 e. The predicted molar refractivity (Wildman–Crippen MR) is 113 cm³/mol. The lowest BCUT2D eigenvalue weighted by molar-refractivity contribution is -0.0212. The van der Waals surface area contributed by atoms with E-state index in [0.717, 1.165) is 38.7 Å². The van der Waals surface area contributed by atoms with Crippen molar-refractivity contribution in [3.05, 3.63) is 35.4 Å². The Morgan fingerprint density at radius 2 is 2.16 bits per heavy atom. The smallest absolute Gasteiger partial charge is 0.188 e. The molecule has 2 fully saturated rings. The van der Waals surface area contributed by atoms with Crippen molar-refractivity contribution in [2.45, 2.75) is 45.4 Å². The van der Waals surface area contributed by atoms with Gasteiger partial charge >= 0.3 is 0 Å². The Hall–Kier alpha value is -0.860. The Bertz CT molecular complexity index is 562. The fourth-order valence-electron chi connectivity index (χ4n) is 3.30. The molecule has 1 atom stereocenters. The molecule has 2 aliphatic rings. The van der Waals surface area contributed by atoms with E-state index >= 15 is 0 Å². The van der Waals surface area contributed by atoms with Gasteiger partial charge < -0.3 is 15.8 Å². The second-order valence-corrected chi connectivity index (χ2v) is 7.12. The first-order valence-corrected chi connectivity index (χ1v) is 9.14. The second-order valence-electron chi connectivity index (χ2n) is 7.12. The van der Waals surface area contributed by atoms with Crippen LogP contribution in [0.3, 0.4) is 0 Å². The summed E-state index contributed by atoms with van der Waals surface area (Å²) in [6.07, 6.45) is 4.33. The van der Waals surface area contributed by atoms with Gasteiger partial charge in [0.25, 0.3) is 0 Å². The lowest BCUT2D eigenvalue weighted by Gasteiger charge is -2.31. The molecule has 3 N–H and O–H groups in total. The summed E-state index contributed by atoms with van der Waals surface area (Å²) >= 11 is 0. The zero-order valence-corrected chi connectivity index (χ0v) is 17.4. The topological polar surface area (TPSA) is 62.9 Å². The van der Waals surface area contributed by atoms with E-state index < -0.39 is 0 Å². The molecule has 1 heterocycles. The SMILES string of the molecule is CC1CN(Cc2cccc(CN=C(N)NCC3CCC3)c2)CCO1.I. The first-order chi connectivity index (χ1) is 11.7. The van der Waals surface area contributed by atoms with Crippen LogP contribution in [0.15, 0.2) is 29.3 Å². The molecule has 1 aliphatic heterocycles. The molecule has 6 heteroatoms. The van der Waals surface area contributed by atoms with Crippen LogP contribution in [0, 0.1) is 5.92 Å². The van der Waals surface area contributed by atoms with Gasteiger partial charge in [-0.15, -0.1) is 24.0 Å². The fourth-order valence-corrected chi connectivity index (χ4v) is 3.30. The van der Waals surface area contributed by atoms with Crippen molar-refractivity contribution in [1.82, 2.24) is 10.2 Å². The highest BCUT2D eigenvalue weighted by Gasteiger charge is 2.17. The second kappa shape index (κ2) is 10.3. The summed E-state index contributed by atoms with van der Waals surface area (Å²) in [7, 11) is 0. The molecule has 25 heavy (non-hydrogen) atoms. The van der Waals surface area contributed by atoms with E-state index in [1.165, 1.54) is 30.4 Å². The van der Waals surface area contributed by atoms with Gasteiger partial charge in [0.1, 0.15) is 0 Å². The first-order valence-electron chi connectivity index (χ1n) is 9.14. The Kier molecular flexibility index (Phi) is 8.45. The zero-order chi connectivity index (χ0) is 16.8. The third-order valence-electron chi connectivity index (χ3n) is 4.95. The lowest BCUT2D eigenvalue weighted by atomic mass is 9.85. The highest BCUT2D eigenvalue weighted by Crippen LogP contribution is 2.25. The molecular weight excluding hydrogens is 427 g/mol. The van der Waals surface area contributed by atoms with Gasteiger partial charge in [0, 0.05) is 26.2 Å². The van der Waals surface area contributed by atoms with Crippen molar-refractivity contribution in [3.8, 4) is 0 Å². The predicted octanol–water partition coefficient (Wildman–Crippen LogP) is 2.73.